The van der Waals surface area contributed by atoms with Gasteiger partial charge in [0.25, 0.3) is 0 Å². The van der Waals surface area contributed by atoms with Gasteiger partial charge in [-0.1, -0.05) is 19.1 Å². The lowest BCUT2D eigenvalue weighted by Crippen LogP contribution is -2.10. The Kier molecular flexibility index (Phi) is 4.25. The predicted molar refractivity (Wildman–Crippen MR) is 76.1 cm³/mol. The van der Waals surface area contributed by atoms with Crippen molar-refractivity contribution in [2.75, 3.05) is 6.26 Å². The Balaban J connectivity index is 2.29. The average molecular weight is 294 g/mol. The summed E-state index contributed by atoms with van der Waals surface area (Å²) in [4.78, 5) is 0.246. The van der Waals surface area contributed by atoms with Gasteiger partial charge in [0.2, 0.25) is 0 Å². The Bertz CT molecular complexity index is 675. The SMILES string of the molecule is CCCn1nccc1C(O)c1ccc(S(C)(=O)=O)cc1. The minimum absolute atomic E-state index is 0.246. The van der Waals surface area contributed by atoms with Gasteiger partial charge in [-0.15, -0.1) is 0 Å². The first-order valence-electron chi connectivity index (χ1n) is 6.43. The number of nitrogens with zero attached hydrogens (tertiary/aromatic N) is 2. The van der Waals surface area contributed by atoms with E-state index in [0.717, 1.165) is 19.2 Å². The van der Waals surface area contributed by atoms with Crippen molar-refractivity contribution in [1.82, 2.24) is 9.78 Å². The molecule has 1 N–H and O–H groups in total. The maximum atomic E-state index is 11.4. The van der Waals surface area contributed by atoms with Crippen molar-refractivity contribution < 1.29 is 13.5 Å². The monoisotopic (exact) mass is 294 g/mol. The smallest absolute Gasteiger partial charge is 0.175 e. The molecule has 0 aliphatic heterocycles. The minimum Gasteiger partial charge on any atom is -0.382 e. The molecule has 0 spiro atoms. The second kappa shape index (κ2) is 5.76. The highest BCUT2D eigenvalue weighted by Crippen LogP contribution is 2.23. The van der Waals surface area contributed by atoms with Gasteiger partial charge in [0, 0.05) is 19.0 Å². The molecule has 20 heavy (non-hydrogen) atoms. The number of hydrogen-bond donors (Lipinski definition) is 1. The van der Waals surface area contributed by atoms with E-state index in [4.69, 9.17) is 0 Å². The van der Waals surface area contributed by atoms with Crippen molar-refractivity contribution in [2.45, 2.75) is 30.9 Å². The van der Waals surface area contributed by atoms with Gasteiger partial charge < -0.3 is 5.11 Å². The summed E-state index contributed by atoms with van der Waals surface area (Å²) in [7, 11) is -3.22. The van der Waals surface area contributed by atoms with Gasteiger partial charge in [0.15, 0.2) is 9.84 Å². The molecule has 1 unspecified atom stereocenters. The quantitative estimate of drug-likeness (QED) is 0.912. The number of hydrogen-bond acceptors (Lipinski definition) is 4. The van der Waals surface area contributed by atoms with Crippen LogP contribution < -0.4 is 0 Å². The Morgan fingerprint density at radius 3 is 2.45 bits per heavy atom. The third-order valence-corrected chi connectivity index (χ3v) is 4.22. The van der Waals surface area contributed by atoms with Crippen LogP contribution in [0.5, 0.6) is 0 Å². The molecule has 0 fully saturated rings. The largest absolute Gasteiger partial charge is 0.382 e. The van der Waals surface area contributed by atoms with E-state index in [9.17, 15) is 13.5 Å². The number of aliphatic hydroxyl groups is 1. The molecule has 1 aromatic heterocycles. The second-order valence-electron chi connectivity index (χ2n) is 4.72. The van der Waals surface area contributed by atoms with Gasteiger partial charge in [0.1, 0.15) is 6.10 Å². The van der Waals surface area contributed by atoms with Gasteiger partial charge in [-0.05, 0) is 30.2 Å². The summed E-state index contributed by atoms with van der Waals surface area (Å²) >= 11 is 0. The van der Waals surface area contributed by atoms with Crippen LogP contribution in [0.15, 0.2) is 41.4 Å². The average Bonchev–Trinajstić information content (AvgIpc) is 2.86. The van der Waals surface area contributed by atoms with Crippen LogP contribution >= 0.6 is 0 Å². The second-order valence-corrected chi connectivity index (χ2v) is 6.74. The van der Waals surface area contributed by atoms with Crippen LogP contribution in [0.1, 0.15) is 30.7 Å². The Morgan fingerprint density at radius 1 is 1.25 bits per heavy atom. The van der Waals surface area contributed by atoms with Crippen LogP contribution in [0, 0.1) is 0 Å². The predicted octanol–water partition coefficient (Wildman–Crippen LogP) is 1.78. The fourth-order valence-electron chi connectivity index (χ4n) is 2.04. The van der Waals surface area contributed by atoms with Crippen molar-refractivity contribution in [2.24, 2.45) is 0 Å². The van der Waals surface area contributed by atoms with E-state index in [2.05, 4.69) is 5.10 Å². The molecule has 108 valence electrons. The Labute approximate surface area is 118 Å². The van der Waals surface area contributed by atoms with E-state index in [1.165, 1.54) is 12.1 Å². The van der Waals surface area contributed by atoms with Crippen molar-refractivity contribution in [3.05, 3.63) is 47.8 Å². The Hall–Kier alpha value is -1.66. The van der Waals surface area contributed by atoms with Crippen molar-refractivity contribution in [3.8, 4) is 0 Å². The first-order valence-corrected chi connectivity index (χ1v) is 8.32. The topological polar surface area (TPSA) is 72.2 Å². The zero-order valence-electron chi connectivity index (χ0n) is 11.5. The Morgan fingerprint density at radius 2 is 1.90 bits per heavy atom. The highest BCUT2D eigenvalue weighted by molar-refractivity contribution is 7.90. The molecule has 1 heterocycles. The van der Waals surface area contributed by atoms with Crippen LogP contribution in [0.4, 0.5) is 0 Å². The molecule has 1 atom stereocenters. The molecule has 6 heteroatoms. The number of rotatable bonds is 5. The van der Waals surface area contributed by atoms with E-state index in [1.807, 2.05) is 6.92 Å². The summed E-state index contributed by atoms with van der Waals surface area (Å²) in [6.07, 6.45) is 2.93. The lowest BCUT2D eigenvalue weighted by molar-refractivity contribution is 0.207. The third kappa shape index (κ3) is 3.08. The molecule has 0 radical (unpaired) electrons. The summed E-state index contributed by atoms with van der Waals surface area (Å²) in [5.41, 5.74) is 1.36. The van der Waals surface area contributed by atoms with Crippen LogP contribution in [0.25, 0.3) is 0 Å². The van der Waals surface area contributed by atoms with Crippen LogP contribution in [0.2, 0.25) is 0 Å². The molecular formula is C14H18N2O3S. The highest BCUT2D eigenvalue weighted by Gasteiger charge is 2.16. The molecule has 0 aliphatic carbocycles. The van der Waals surface area contributed by atoms with Crippen molar-refractivity contribution in [1.29, 1.82) is 0 Å². The summed E-state index contributed by atoms with van der Waals surface area (Å²) in [6.45, 7) is 2.78. The maximum absolute atomic E-state index is 11.4. The lowest BCUT2D eigenvalue weighted by atomic mass is 10.1. The van der Waals surface area contributed by atoms with Crippen molar-refractivity contribution >= 4 is 9.84 Å². The lowest BCUT2D eigenvalue weighted by Gasteiger charge is -2.13. The third-order valence-electron chi connectivity index (χ3n) is 3.09. The molecule has 1 aromatic carbocycles. The molecule has 0 saturated carbocycles. The van der Waals surface area contributed by atoms with E-state index >= 15 is 0 Å². The van der Waals surface area contributed by atoms with E-state index < -0.39 is 15.9 Å². The molecule has 0 bridgehead atoms. The number of sulfone groups is 1. The fraction of sp³-hybridized carbons (Fsp3) is 0.357. The highest BCUT2D eigenvalue weighted by atomic mass is 32.2. The van der Waals surface area contributed by atoms with Crippen LogP contribution in [-0.2, 0) is 16.4 Å². The molecule has 5 nitrogen and oxygen atoms in total. The first-order chi connectivity index (χ1) is 9.43. The van der Waals surface area contributed by atoms with Gasteiger partial charge in [0.05, 0.1) is 10.6 Å². The van der Waals surface area contributed by atoms with Gasteiger partial charge in [-0.3, -0.25) is 4.68 Å². The van der Waals surface area contributed by atoms with E-state index in [0.29, 0.717) is 11.3 Å². The standard InChI is InChI=1S/C14H18N2O3S/c1-3-10-16-13(8-9-15-16)14(17)11-4-6-12(7-5-11)20(2,18)19/h4-9,14,17H,3,10H2,1-2H3. The molecule has 0 saturated heterocycles. The number of aliphatic hydroxyl groups excluding tert-OH is 1. The van der Waals surface area contributed by atoms with E-state index in [-0.39, 0.29) is 4.90 Å². The number of aromatic nitrogens is 2. The molecule has 0 amide bonds. The minimum atomic E-state index is -3.22. The number of benzene rings is 1. The maximum Gasteiger partial charge on any atom is 0.175 e. The zero-order valence-corrected chi connectivity index (χ0v) is 12.3. The van der Waals surface area contributed by atoms with Crippen molar-refractivity contribution in [3.63, 3.8) is 0 Å². The number of aryl methyl sites for hydroxylation is 1. The van der Waals surface area contributed by atoms with Gasteiger partial charge in [-0.2, -0.15) is 5.10 Å². The van der Waals surface area contributed by atoms with Gasteiger partial charge in [-0.25, -0.2) is 8.42 Å². The summed E-state index contributed by atoms with van der Waals surface area (Å²) in [5.74, 6) is 0. The summed E-state index contributed by atoms with van der Waals surface area (Å²) in [5, 5.41) is 14.5. The summed E-state index contributed by atoms with van der Waals surface area (Å²) < 4.78 is 24.6. The summed E-state index contributed by atoms with van der Waals surface area (Å²) in [6, 6.07) is 8.04. The molecular weight excluding hydrogens is 276 g/mol. The van der Waals surface area contributed by atoms with E-state index in [1.54, 1.807) is 29.1 Å². The molecule has 0 aliphatic rings. The van der Waals surface area contributed by atoms with Crippen LogP contribution in [-0.4, -0.2) is 29.6 Å². The normalized spacial score (nSPS) is 13.3. The first kappa shape index (κ1) is 14.7. The van der Waals surface area contributed by atoms with Gasteiger partial charge >= 0.3 is 0 Å². The van der Waals surface area contributed by atoms with Crippen LogP contribution in [0.3, 0.4) is 0 Å². The zero-order chi connectivity index (χ0) is 14.8. The molecule has 2 rings (SSSR count). The fourth-order valence-corrected chi connectivity index (χ4v) is 2.67. The molecule has 2 aromatic rings.